The summed E-state index contributed by atoms with van der Waals surface area (Å²) in [5, 5.41) is 14.9. The predicted octanol–water partition coefficient (Wildman–Crippen LogP) is 2.68. The number of nitrogens with one attached hydrogen (secondary N) is 1. The monoisotopic (exact) mass is 395 g/mol. The smallest absolute Gasteiger partial charge is 0.207 e. The number of piperidine rings is 1. The van der Waals surface area contributed by atoms with Crippen LogP contribution in [0.5, 0.6) is 0 Å². The summed E-state index contributed by atoms with van der Waals surface area (Å²) in [6.45, 7) is 6.63. The number of aromatic nitrogens is 3. The number of hydrogen-bond donors (Lipinski definition) is 2. The maximum Gasteiger partial charge on any atom is 0.207 e. The molecule has 0 amide bonds. The van der Waals surface area contributed by atoms with Crippen molar-refractivity contribution in [2.24, 2.45) is 0 Å². The number of rotatable bonds is 4. The summed E-state index contributed by atoms with van der Waals surface area (Å²) < 4.78 is 4.66. The average Bonchev–Trinajstić information content (AvgIpc) is 2.99. The first-order valence-electron chi connectivity index (χ1n) is 9.87. The van der Waals surface area contributed by atoms with E-state index < -0.39 is 0 Å². The van der Waals surface area contributed by atoms with E-state index in [1.165, 1.54) is 16.0 Å². The summed E-state index contributed by atoms with van der Waals surface area (Å²) in [5.41, 5.74) is 4.50. The molecule has 1 unspecified atom stereocenters. The Morgan fingerprint density at radius 1 is 1.07 bits per heavy atom. The lowest BCUT2D eigenvalue weighted by Crippen LogP contribution is -3.13. The fraction of sp³-hybridized carbons (Fsp3) is 0.364. The Balaban J connectivity index is 1.78. The fourth-order valence-electron chi connectivity index (χ4n) is 3.81. The summed E-state index contributed by atoms with van der Waals surface area (Å²) in [5.74, 6) is 0.853. The van der Waals surface area contributed by atoms with Crippen LogP contribution >= 0.6 is 12.2 Å². The van der Waals surface area contributed by atoms with E-state index in [1.807, 2.05) is 4.68 Å². The maximum atomic E-state index is 10.0. The van der Waals surface area contributed by atoms with Crippen molar-refractivity contribution in [3.05, 3.63) is 64.4 Å². The van der Waals surface area contributed by atoms with Gasteiger partial charge >= 0.3 is 0 Å². The van der Waals surface area contributed by atoms with E-state index in [1.54, 1.807) is 0 Å². The molecule has 1 aliphatic heterocycles. The minimum atomic E-state index is -0.228. The van der Waals surface area contributed by atoms with Gasteiger partial charge in [-0.1, -0.05) is 47.5 Å². The Labute approximate surface area is 170 Å². The van der Waals surface area contributed by atoms with Crippen LogP contribution in [0, 0.1) is 18.6 Å². The van der Waals surface area contributed by atoms with Crippen molar-refractivity contribution in [2.45, 2.75) is 39.5 Å². The van der Waals surface area contributed by atoms with E-state index in [0.29, 0.717) is 11.4 Å². The van der Waals surface area contributed by atoms with E-state index in [9.17, 15) is 5.11 Å². The molecule has 2 aromatic carbocycles. The van der Waals surface area contributed by atoms with Crippen molar-refractivity contribution in [3.8, 4) is 17.1 Å². The van der Waals surface area contributed by atoms with Crippen LogP contribution in [0.3, 0.4) is 0 Å². The molecule has 1 saturated heterocycles. The van der Waals surface area contributed by atoms with Crippen molar-refractivity contribution in [1.82, 2.24) is 14.3 Å². The van der Waals surface area contributed by atoms with Crippen molar-refractivity contribution < 1.29 is 10.0 Å². The normalized spacial score (nSPS) is 19.7. The molecule has 0 aliphatic carbocycles. The Bertz CT molecular complexity index is 1000. The summed E-state index contributed by atoms with van der Waals surface area (Å²) >= 11 is 5.84. The van der Waals surface area contributed by atoms with Crippen LogP contribution in [0.15, 0.2) is 48.5 Å². The van der Waals surface area contributed by atoms with Gasteiger partial charge in [0.25, 0.3) is 0 Å². The van der Waals surface area contributed by atoms with Crippen LogP contribution in [0.25, 0.3) is 17.1 Å². The van der Waals surface area contributed by atoms with E-state index >= 15 is 0 Å². The minimum Gasteiger partial charge on any atom is -0.387 e. The highest BCUT2D eigenvalue weighted by atomic mass is 32.1. The van der Waals surface area contributed by atoms with Crippen LogP contribution in [0.1, 0.15) is 24.0 Å². The summed E-state index contributed by atoms with van der Waals surface area (Å²) in [4.78, 5) is 1.32. The molecule has 0 radical (unpaired) electrons. The van der Waals surface area contributed by atoms with Crippen molar-refractivity contribution >= 4 is 12.2 Å². The van der Waals surface area contributed by atoms with Crippen molar-refractivity contribution in [3.63, 3.8) is 0 Å². The molecule has 28 heavy (non-hydrogen) atoms. The van der Waals surface area contributed by atoms with Gasteiger partial charge in [-0.25, -0.2) is 0 Å². The molecule has 146 valence electrons. The number of aliphatic hydroxyl groups excluding tert-OH is 1. The highest BCUT2D eigenvalue weighted by Crippen LogP contribution is 2.23. The van der Waals surface area contributed by atoms with Gasteiger partial charge in [0, 0.05) is 11.3 Å². The molecule has 0 saturated carbocycles. The first-order valence-corrected chi connectivity index (χ1v) is 10.3. The number of aliphatic hydroxyl groups is 1. The van der Waals surface area contributed by atoms with Gasteiger partial charge in [0.2, 0.25) is 4.77 Å². The topological polar surface area (TPSA) is 47.4 Å². The Morgan fingerprint density at radius 2 is 1.71 bits per heavy atom. The number of likely N-dealkylation sites (tertiary alicyclic amines) is 1. The predicted molar refractivity (Wildman–Crippen MR) is 113 cm³/mol. The minimum absolute atomic E-state index is 0.228. The molecule has 5 nitrogen and oxygen atoms in total. The van der Waals surface area contributed by atoms with E-state index in [2.05, 4.69) is 66.9 Å². The van der Waals surface area contributed by atoms with Crippen LogP contribution < -0.4 is 4.90 Å². The van der Waals surface area contributed by atoms with Crippen molar-refractivity contribution in [2.75, 3.05) is 13.1 Å². The standard InChI is InChI=1S/C22H26N4OS/c1-16-5-9-18(10-6-16)21-23-25(15-24-13-3-4-20(27)14-24)22(28)26(21)19-11-7-17(2)8-12-19/h5-12,20,27H,3-4,13-15H2,1-2H3/p+1/t20-/m1/s1. The molecule has 4 rings (SSSR count). The molecule has 1 fully saturated rings. The molecule has 6 heteroatoms. The van der Waals surface area contributed by atoms with Crippen LogP contribution in [-0.4, -0.2) is 38.6 Å². The maximum absolute atomic E-state index is 10.0. The Kier molecular flexibility index (Phi) is 5.44. The zero-order valence-corrected chi connectivity index (χ0v) is 17.2. The van der Waals surface area contributed by atoms with E-state index in [0.717, 1.165) is 43.0 Å². The number of nitrogens with zero attached hydrogens (tertiary/aromatic N) is 3. The third-order valence-corrected chi connectivity index (χ3v) is 5.80. The van der Waals surface area contributed by atoms with Gasteiger partial charge in [-0.2, -0.15) is 4.68 Å². The van der Waals surface area contributed by atoms with Gasteiger partial charge in [0.05, 0.1) is 6.54 Å². The molecular weight excluding hydrogens is 368 g/mol. The van der Waals surface area contributed by atoms with Crippen molar-refractivity contribution in [1.29, 1.82) is 0 Å². The molecule has 2 heterocycles. The van der Waals surface area contributed by atoms with Gasteiger partial charge in [-0.05, 0) is 51.0 Å². The second kappa shape index (κ2) is 7.99. The molecule has 2 N–H and O–H groups in total. The lowest BCUT2D eigenvalue weighted by Gasteiger charge is -2.26. The molecule has 3 aromatic rings. The van der Waals surface area contributed by atoms with E-state index in [-0.39, 0.29) is 6.10 Å². The zero-order valence-electron chi connectivity index (χ0n) is 16.4. The third-order valence-electron chi connectivity index (χ3n) is 5.41. The Morgan fingerprint density at radius 3 is 2.36 bits per heavy atom. The number of benzene rings is 2. The number of quaternary nitrogens is 1. The lowest BCUT2D eigenvalue weighted by atomic mass is 10.1. The van der Waals surface area contributed by atoms with Gasteiger partial charge in [-0.15, -0.1) is 5.10 Å². The molecule has 2 atom stereocenters. The van der Waals surface area contributed by atoms with Gasteiger partial charge < -0.3 is 10.0 Å². The van der Waals surface area contributed by atoms with Crippen LogP contribution in [0.4, 0.5) is 0 Å². The highest BCUT2D eigenvalue weighted by molar-refractivity contribution is 7.71. The summed E-state index contributed by atoms with van der Waals surface area (Å²) in [6, 6.07) is 16.8. The molecule has 0 spiro atoms. The number of hydrogen-bond acceptors (Lipinski definition) is 3. The molecule has 1 aliphatic rings. The van der Waals surface area contributed by atoms with E-state index in [4.69, 9.17) is 17.3 Å². The lowest BCUT2D eigenvalue weighted by molar-refractivity contribution is -0.931. The first-order chi connectivity index (χ1) is 13.5. The van der Waals surface area contributed by atoms with Crippen LogP contribution in [-0.2, 0) is 6.67 Å². The number of aryl methyl sites for hydroxylation is 2. The molecule has 0 bridgehead atoms. The first kappa shape index (κ1) is 19.1. The quantitative estimate of drug-likeness (QED) is 0.668. The Hall–Kier alpha value is -2.28. The average molecular weight is 396 g/mol. The molecule has 1 aromatic heterocycles. The highest BCUT2D eigenvalue weighted by Gasteiger charge is 2.23. The summed E-state index contributed by atoms with van der Waals surface area (Å²) in [7, 11) is 0. The summed E-state index contributed by atoms with van der Waals surface area (Å²) in [6.07, 6.45) is 1.70. The third kappa shape index (κ3) is 3.94. The van der Waals surface area contributed by atoms with Gasteiger partial charge in [0.15, 0.2) is 12.5 Å². The van der Waals surface area contributed by atoms with Gasteiger partial charge in [-0.3, -0.25) is 4.57 Å². The zero-order chi connectivity index (χ0) is 19.7. The second-order valence-corrected chi connectivity index (χ2v) is 8.17. The second-order valence-electron chi connectivity index (χ2n) is 7.80. The molecular formula is C22H27N4OS+. The van der Waals surface area contributed by atoms with Crippen LogP contribution in [0.2, 0.25) is 0 Å². The largest absolute Gasteiger partial charge is 0.387 e. The fourth-order valence-corrected chi connectivity index (χ4v) is 4.10. The SMILES string of the molecule is Cc1ccc(-c2nn(C[NH+]3CCC[C@@H](O)C3)c(=S)n2-c2ccc(C)cc2)cc1. The van der Waals surface area contributed by atoms with Gasteiger partial charge in [0.1, 0.15) is 12.6 Å².